The summed E-state index contributed by atoms with van der Waals surface area (Å²) in [5.74, 6) is 0.562. The molecule has 1 aliphatic carbocycles. The lowest BCUT2D eigenvalue weighted by molar-refractivity contribution is 0.238. The van der Waals surface area contributed by atoms with Gasteiger partial charge in [-0.05, 0) is 36.3 Å². The SMILES string of the molecule is O=C(NCc1cccc(Cn2cncn2)c1)NC[C@H]1CC=CCC1. The van der Waals surface area contributed by atoms with Gasteiger partial charge in [0.15, 0.2) is 0 Å². The monoisotopic (exact) mass is 325 g/mol. The van der Waals surface area contributed by atoms with E-state index in [4.69, 9.17) is 0 Å². The Morgan fingerprint density at radius 2 is 2.17 bits per heavy atom. The second-order valence-corrected chi connectivity index (χ2v) is 6.13. The fourth-order valence-electron chi connectivity index (χ4n) is 2.86. The Labute approximate surface area is 142 Å². The van der Waals surface area contributed by atoms with Crippen LogP contribution < -0.4 is 10.6 Å². The summed E-state index contributed by atoms with van der Waals surface area (Å²) in [4.78, 5) is 15.9. The number of hydrogen-bond donors (Lipinski definition) is 2. The standard InChI is InChI=1S/C18H23N5O/c24-18(20-10-15-5-2-1-3-6-15)21-11-16-7-4-8-17(9-16)12-23-14-19-13-22-23/h1-2,4,7-9,13-15H,3,5-6,10-12H2,(H2,20,21,24)/t15-/m0/s1. The smallest absolute Gasteiger partial charge is 0.315 e. The molecule has 1 aliphatic rings. The van der Waals surface area contributed by atoms with Crippen LogP contribution in [0.3, 0.4) is 0 Å². The largest absolute Gasteiger partial charge is 0.338 e. The molecule has 2 aromatic rings. The number of nitrogens with zero attached hydrogens (tertiary/aromatic N) is 3. The van der Waals surface area contributed by atoms with Gasteiger partial charge in [0, 0.05) is 13.1 Å². The van der Waals surface area contributed by atoms with Gasteiger partial charge in [0.1, 0.15) is 12.7 Å². The number of aromatic nitrogens is 3. The highest BCUT2D eigenvalue weighted by molar-refractivity contribution is 5.73. The maximum absolute atomic E-state index is 11.9. The lowest BCUT2D eigenvalue weighted by atomic mass is 9.94. The third-order valence-electron chi connectivity index (χ3n) is 4.18. The van der Waals surface area contributed by atoms with Crippen molar-refractivity contribution < 1.29 is 4.79 Å². The average Bonchev–Trinajstić information content (AvgIpc) is 3.12. The first-order valence-corrected chi connectivity index (χ1v) is 8.36. The summed E-state index contributed by atoms with van der Waals surface area (Å²) in [6, 6.07) is 8.02. The predicted octanol–water partition coefficient (Wildman–Crippen LogP) is 2.48. The first-order chi connectivity index (χ1) is 11.8. The van der Waals surface area contributed by atoms with E-state index in [9.17, 15) is 4.79 Å². The predicted molar refractivity (Wildman–Crippen MR) is 92.3 cm³/mol. The zero-order valence-corrected chi connectivity index (χ0v) is 13.7. The number of amides is 2. The van der Waals surface area contributed by atoms with E-state index >= 15 is 0 Å². The van der Waals surface area contributed by atoms with Crippen LogP contribution in [0, 0.1) is 5.92 Å². The van der Waals surface area contributed by atoms with Crippen molar-refractivity contribution >= 4 is 6.03 Å². The van der Waals surface area contributed by atoms with Crippen molar-refractivity contribution in [2.75, 3.05) is 6.54 Å². The van der Waals surface area contributed by atoms with Gasteiger partial charge in [-0.1, -0.05) is 36.4 Å². The van der Waals surface area contributed by atoms with Crippen LogP contribution in [0.5, 0.6) is 0 Å². The molecule has 0 spiro atoms. The van der Waals surface area contributed by atoms with Crippen molar-refractivity contribution in [1.82, 2.24) is 25.4 Å². The Bertz CT molecular complexity index is 680. The molecule has 0 radical (unpaired) electrons. The van der Waals surface area contributed by atoms with E-state index in [2.05, 4.69) is 38.9 Å². The lowest BCUT2D eigenvalue weighted by Crippen LogP contribution is -2.38. The third-order valence-corrected chi connectivity index (χ3v) is 4.18. The van der Waals surface area contributed by atoms with E-state index in [1.807, 2.05) is 18.2 Å². The molecule has 1 atom stereocenters. The highest BCUT2D eigenvalue weighted by Crippen LogP contribution is 2.16. The van der Waals surface area contributed by atoms with Gasteiger partial charge in [-0.2, -0.15) is 5.10 Å². The Kier molecular flexibility index (Phi) is 5.61. The molecule has 0 saturated carbocycles. The van der Waals surface area contributed by atoms with E-state index in [0.717, 1.165) is 36.9 Å². The molecule has 0 fully saturated rings. The molecule has 126 valence electrons. The number of nitrogens with one attached hydrogen (secondary N) is 2. The molecule has 3 rings (SSSR count). The van der Waals surface area contributed by atoms with Crippen molar-refractivity contribution in [3.8, 4) is 0 Å². The van der Waals surface area contributed by atoms with E-state index in [0.29, 0.717) is 19.0 Å². The number of carbonyl (C=O) groups is 1. The van der Waals surface area contributed by atoms with E-state index in [-0.39, 0.29) is 6.03 Å². The first kappa shape index (κ1) is 16.2. The molecule has 6 nitrogen and oxygen atoms in total. The van der Waals surface area contributed by atoms with Gasteiger partial charge in [0.25, 0.3) is 0 Å². The van der Waals surface area contributed by atoms with Crippen LogP contribution in [0.4, 0.5) is 4.79 Å². The normalized spacial score (nSPS) is 16.8. The van der Waals surface area contributed by atoms with Crippen molar-refractivity contribution in [2.45, 2.75) is 32.4 Å². The summed E-state index contributed by atoms with van der Waals surface area (Å²) in [5, 5.41) is 9.99. The molecule has 24 heavy (non-hydrogen) atoms. The van der Waals surface area contributed by atoms with E-state index < -0.39 is 0 Å². The van der Waals surface area contributed by atoms with Gasteiger partial charge in [-0.15, -0.1) is 0 Å². The van der Waals surface area contributed by atoms with Crippen LogP contribution >= 0.6 is 0 Å². The average molecular weight is 325 g/mol. The molecule has 6 heteroatoms. The van der Waals surface area contributed by atoms with Gasteiger partial charge in [0.05, 0.1) is 6.54 Å². The van der Waals surface area contributed by atoms with Gasteiger partial charge < -0.3 is 10.6 Å². The van der Waals surface area contributed by atoms with Crippen LogP contribution in [0.1, 0.15) is 30.4 Å². The number of benzene rings is 1. The molecule has 2 N–H and O–H groups in total. The fraction of sp³-hybridized carbons (Fsp3) is 0.389. The summed E-state index contributed by atoms with van der Waals surface area (Å²) in [6.07, 6.45) is 11.0. The van der Waals surface area contributed by atoms with Crippen LogP contribution in [0.25, 0.3) is 0 Å². The topological polar surface area (TPSA) is 71.8 Å². The van der Waals surface area contributed by atoms with Crippen molar-refractivity contribution in [2.24, 2.45) is 5.92 Å². The van der Waals surface area contributed by atoms with Crippen LogP contribution in [0.2, 0.25) is 0 Å². The highest BCUT2D eigenvalue weighted by Gasteiger charge is 2.11. The Morgan fingerprint density at radius 1 is 1.25 bits per heavy atom. The molecule has 1 aromatic heterocycles. The van der Waals surface area contributed by atoms with Crippen LogP contribution in [-0.2, 0) is 13.1 Å². The maximum atomic E-state index is 11.9. The molecule has 2 amide bonds. The minimum atomic E-state index is -0.105. The molecule has 0 unspecified atom stereocenters. The van der Waals surface area contributed by atoms with E-state index in [1.54, 1.807) is 11.0 Å². The molecular formula is C18H23N5O. The molecular weight excluding hydrogens is 302 g/mol. The third kappa shape index (κ3) is 4.94. The molecule has 1 heterocycles. The van der Waals surface area contributed by atoms with Crippen molar-refractivity contribution in [3.05, 3.63) is 60.2 Å². The minimum absolute atomic E-state index is 0.105. The number of carbonyl (C=O) groups excluding carboxylic acids is 1. The Balaban J connectivity index is 1.43. The number of urea groups is 1. The maximum Gasteiger partial charge on any atom is 0.315 e. The lowest BCUT2D eigenvalue weighted by Gasteiger charge is -2.18. The quantitative estimate of drug-likeness (QED) is 0.802. The number of rotatable bonds is 6. The fourth-order valence-corrected chi connectivity index (χ4v) is 2.86. The van der Waals surface area contributed by atoms with E-state index in [1.165, 1.54) is 6.33 Å². The van der Waals surface area contributed by atoms with Gasteiger partial charge in [0.2, 0.25) is 0 Å². The minimum Gasteiger partial charge on any atom is -0.338 e. The highest BCUT2D eigenvalue weighted by atomic mass is 16.2. The van der Waals surface area contributed by atoms with Crippen molar-refractivity contribution in [3.63, 3.8) is 0 Å². The Morgan fingerprint density at radius 3 is 2.96 bits per heavy atom. The van der Waals surface area contributed by atoms with Crippen LogP contribution in [-0.4, -0.2) is 27.3 Å². The summed E-state index contributed by atoms with van der Waals surface area (Å²) in [5.41, 5.74) is 2.21. The van der Waals surface area contributed by atoms with Gasteiger partial charge >= 0.3 is 6.03 Å². The molecule has 0 bridgehead atoms. The van der Waals surface area contributed by atoms with Gasteiger partial charge in [-0.25, -0.2) is 14.5 Å². The first-order valence-electron chi connectivity index (χ1n) is 8.36. The molecule has 0 saturated heterocycles. The molecule has 1 aromatic carbocycles. The summed E-state index contributed by atoms with van der Waals surface area (Å²) >= 11 is 0. The number of allylic oxidation sites excluding steroid dienone is 2. The second kappa shape index (κ2) is 8.29. The summed E-state index contributed by atoms with van der Waals surface area (Å²) in [6.45, 7) is 1.93. The van der Waals surface area contributed by atoms with Gasteiger partial charge in [-0.3, -0.25) is 0 Å². The number of hydrogen-bond acceptors (Lipinski definition) is 3. The van der Waals surface area contributed by atoms with Crippen molar-refractivity contribution in [1.29, 1.82) is 0 Å². The zero-order valence-electron chi connectivity index (χ0n) is 13.7. The molecule has 0 aliphatic heterocycles. The second-order valence-electron chi connectivity index (χ2n) is 6.13. The zero-order chi connectivity index (χ0) is 16.6. The Hall–Kier alpha value is -2.63. The summed E-state index contributed by atoms with van der Waals surface area (Å²) in [7, 11) is 0. The van der Waals surface area contributed by atoms with Crippen LogP contribution in [0.15, 0.2) is 49.1 Å². The summed E-state index contributed by atoms with van der Waals surface area (Å²) < 4.78 is 1.78.